The molecule has 2 aromatic carbocycles. The first-order valence-corrected chi connectivity index (χ1v) is 6.09. The van der Waals surface area contributed by atoms with Gasteiger partial charge in [0.15, 0.2) is 17.5 Å². The maximum absolute atomic E-state index is 13.3. The van der Waals surface area contributed by atoms with E-state index in [1.165, 1.54) is 0 Å². The van der Waals surface area contributed by atoms with Gasteiger partial charge in [0.1, 0.15) is 5.69 Å². The molecule has 0 atom stereocenters. The molecule has 1 aliphatic heterocycles. The maximum atomic E-state index is 13.3. The average molecular weight is 331 g/mol. The van der Waals surface area contributed by atoms with Crippen LogP contribution in [-0.2, 0) is 6.18 Å². The molecule has 1 radical (unpaired) electrons. The van der Waals surface area contributed by atoms with Crippen LogP contribution in [0.4, 0.5) is 42.5 Å². The number of benzene rings is 2. The number of amides is 2. The molecular weight excluding hydrogens is 326 g/mol. The van der Waals surface area contributed by atoms with E-state index in [0.29, 0.717) is 24.3 Å². The van der Waals surface area contributed by atoms with Gasteiger partial charge >= 0.3 is 12.2 Å². The fourth-order valence-electron chi connectivity index (χ4n) is 2.19. The third-order valence-corrected chi connectivity index (χ3v) is 3.19. The van der Waals surface area contributed by atoms with Gasteiger partial charge in [-0.3, -0.25) is 0 Å². The van der Waals surface area contributed by atoms with Crippen molar-refractivity contribution in [1.29, 1.82) is 0 Å². The number of carbonyl (C=O) groups is 1. The topological polar surface area (TPSA) is 43.2 Å². The number of rotatable bonds is 1. The molecule has 9 heteroatoms. The van der Waals surface area contributed by atoms with Gasteiger partial charge in [0, 0.05) is 5.56 Å². The van der Waals surface area contributed by atoms with Crippen molar-refractivity contribution in [3.63, 3.8) is 0 Å². The maximum Gasteiger partial charge on any atom is 0.416 e. The first-order chi connectivity index (χ1) is 10.7. The molecule has 0 aromatic heterocycles. The second kappa shape index (κ2) is 4.90. The smallest absolute Gasteiger partial charge is 0.304 e. The van der Waals surface area contributed by atoms with Crippen molar-refractivity contribution in [2.75, 3.05) is 5.32 Å². The van der Waals surface area contributed by atoms with Gasteiger partial charge in [-0.25, -0.2) is 18.0 Å². The van der Waals surface area contributed by atoms with E-state index in [-0.39, 0.29) is 22.5 Å². The number of nitrogens with zero attached hydrogens (tertiary/aromatic N) is 1. The summed E-state index contributed by atoms with van der Waals surface area (Å²) in [6.45, 7) is 0. The summed E-state index contributed by atoms with van der Waals surface area (Å²) in [6.07, 6.45) is -4.76. The second-order valence-corrected chi connectivity index (χ2v) is 4.71. The minimum Gasteiger partial charge on any atom is -0.304 e. The highest BCUT2D eigenvalue weighted by Crippen LogP contribution is 2.43. The Morgan fingerprint density at radius 1 is 0.957 bits per heavy atom. The minimum atomic E-state index is -4.76. The Bertz CT molecular complexity index is 808. The fourth-order valence-corrected chi connectivity index (χ4v) is 2.19. The van der Waals surface area contributed by atoms with Crippen molar-refractivity contribution in [3.8, 4) is 11.1 Å². The van der Waals surface area contributed by atoms with Crippen LogP contribution >= 0.6 is 0 Å². The zero-order valence-electron chi connectivity index (χ0n) is 10.9. The predicted molar refractivity (Wildman–Crippen MR) is 67.6 cm³/mol. The second-order valence-electron chi connectivity index (χ2n) is 4.71. The van der Waals surface area contributed by atoms with E-state index >= 15 is 0 Å². The summed E-state index contributed by atoms with van der Waals surface area (Å²) < 4.78 is 78.4. The van der Waals surface area contributed by atoms with E-state index in [1.807, 2.05) is 0 Å². The summed E-state index contributed by atoms with van der Waals surface area (Å²) in [5.41, 5.74) is -2.30. The molecule has 0 saturated carbocycles. The lowest BCUT2D eigenvalue weighted by atomic mass is 9.99. The molecule has 1 heterocycles. The van der Waals surface area contributed by atoms with Crippen LogP contribution in [0.2, 0.25) is 0 Å². The summed E-state index contributed by atoms with van der Waals surface area (Å²) >= 11 is 0. The van der Waals surface area contributed by atoms with Crippen molar-refractivity contribution in [1.82, 2.24) is 5.32 Å². The molecule has 0 aliphatic carbocycles. The van der Waals surface area contributed by atoms with Crippen LogP contribution in [0.25, 0.3) is 11.1 Å². The summed E-state index contributed by atoms with van der Waals surface area (Å²) in [4.78, 5) is 11.3. The van der Waals surface area contributed by atoms with Gasteiger partial charge in [-0.05, 0) is 29.8 Å². The summed E-state index contributed by atoms with van der Waals surface area (Å²) in [7, 11) is 0. The van der Waals surface area contributed by atoms with Crippen LogP contribution in [0.1, 0.15) is 5.56 Å². The first-order valence-electron chi connectivity index (χ1n) is 6.09. The van der Waals surface area contributed by atoms with Crippen LogP contribution in [0.15, 0.2) is 24.3 Å². The first kappa shape index (κ1) is 15.2. The Kier molecular flexibility index (Phi) is 3.24. The molecule has 0 unspecified atom stereocenters. The Morgan fingerprint density at radius 3 is 2.13 bits per heavy atom. The van der Waals surface area contributed by atoms with Gasteiger partial charge in [0.2, 0.25) is 0 Å². The highest BCUT2D eigenvalue weighted by atomic mass is 19.4. The van der Waals surface area contributed by atoms with Crippen molar-refractivity contribution < 1.29 is 31.1 Å². The van der Waals surface area contributed by atoms with Crippen LogP contribution in [0.3, 0.4) is 0 Å². The van der Waals surface area contributed by atoms with Gasteiger partial charge < -0.3 is 5.32 Å². The molecule has 119 valence electrons. The summed E-state index contributed by atoms with van der Waals surface area (Å²) in [6, 6.07) is 1.40. The van der Waals surface area contributed by atoms with Crippen LogP contribution < -0.4 is 10.6 Å². The monoisotopic (exact) mass is 331 g/mol. The van der Waals surface area contributed by atoms with E-state index in [1.54, 1.807) is 0 Å². The average Bonchev–Trinajstić information content (AvgIpc) is 2.82. The lowest BCUT2D eigenvalue weighted by Crippen LogP contribution is -2.08. The Labute approximate surface area is 124 Å². The number of alkyl halides is 3. The highest BCUT2D eigenvalue weighted by Gasteiger charge is 2.35. The molecule has 0 fully saturated rings. The van der Waals surface area contributed by atoms with Crippen LogP contribution in [0.5, 0.6) is 0 Å². The normalized spacial score (nSPS) is 13.6. The van der Waals surface area contributed by atoms with Crippen LogP contribution in [-0.4, -0.2) is 6.03 Å². The van der Waals surface area contributed by atoms with Gasteiger partial charge in [0.25, 0.3) is 0 Å². The van der Waals surface area contributed by atoms with E-state index in [2.05, 4.69) is 10.6 Å². The SMILES string of the molecule is O=C1[N]c2c(cc(C(F)(F)F)cc2-c2cc(F)c(F)c(F)c2)N1. The third kappa shape index (κ3) is 2.58. The van der Waals surface area contributed by atoms with Crippen molar-refractivity contribution >= 4 is 17.4 Å². The predicted octanol–water partition coefficient (Wildman–Crippen LogP) is 4.57. The lowest BCUT2D eigenvalue weighted by molar-refractivity contribution is -0.137. The quantitative estimate of drug-likeness (QED) is 0.604. The third-order valence-electron chi connectivity index (χ3n) is 3.19. The fraction of sp³-hybridized carbons (Fsp3) is 0.0714. The molecular formula is C14H5F6N2O. The number of hydrogen-bond acceptors (Lipinski definition) is 1. The zero-order valence-corrected chi connectivity index (χ0v) is 10.9. The van der Waals surface area contributed by atoms with Gasteiger partial charge in [-0.1, -0.05) is 0 Å². The standard InChI is InChI=1S/C14H5F6N2O/c15-8-1-5(2-9(16)11(8)17)7-3-6(14(18,19)20)4-10-12(7)22-13(23)21-10/h1-4H,(H,21,23). The number of carbonyl (C=O) groups excluding carboxylic acids is 1. The van der Waals surface area contributed by atoms with E-state index < -0.39 is 35.2 Å². The Morgan fingerprint density at radius 2 is 1.57 bits per heavy atom. The Hall–Kier alpha value is -2.71. The minimum absolute atomic E-state index is 0.201. The zero-order chi connectivity index (χ0) is 16.9. The van der Waals surface area contributed by atoms with Crippen LogP contribution in [0, 0.1) is 17.5 Å². The Balaban J connectivity index is 2.27. The lowest BCUT2D eigenvalue weighted by Gasteiger charge is -2.13. The highest BCUT2D eigenvalue weighted by molar-refractivity contribution is 6.06. The number of halogens is 6. The number of fused-ring (bicyclic) bond motifs is 1. The number of urea groups is 1. The molecule has 2 amide bonds. The molecule has 3 nitrogen and oxygen atoms in total. The number of hydrogen-bond donors (Lipinski definition) is 1. The molecule has 3 rings (SSSR count). The van der Waals surface area contributed by atoms with Gasteiger partial charge in [-0.15, -0.1) is 0 Å². The molecule has 0 spiro atoms. The molecule has 0 saturated heterocycles. The summed E-state index contributed by atoms with van der Waals surface area (Å²) in [5, 5.41) is 5.57. The molecule has 0 bridgehead atoms. The van der Waals surface area contributed by atoms with E-state index in [0.717, 1.165) is 0 Å². The van der Waals surface area contributed by atoms with Crippen molar-refractivity contribution in [3.05, 3.63) is 47.3 Å². The van der Waals surface area contributed by atoms with E-state index in [4.69, 9.17) is 0 Å². The van der Waals surface area contributed by atoms with Crippen molar-refractivity contribution in [2.45, 2.75) is 6.18 Å². The molecule has 1 N–H and O–H groups in total. The number of nitrogens with one attached hydrogen (secondary N) is 1. The summed E-state index contributed by atoms with van der Waals surface area (Å²) in [5.74, 6) is -4.88. The largest absolute Gasteiger partial charge is 0.416 e. The van der Waals surface area contributed by atoms with Gasteiger partial charge in [0.05, 0.1) is 11.3 Å². The van der Waals surface area contributed by atoms with Crippen molar-refractivity contribution in [2.24, 2.45) is 0 Å². The molecule has 1 aliphatic rings. The van der Waals surface area contributed by atoms with Gasteiger partial charge in [-0.2, -0.15) is 18.5 Å². The molecule has 23 heavy (non-hydrogen) atoms. The molecule has 2 aromatic rings. The van der Waals surface area contributed by atoms with E-state index in [9.17, 15) is 31.1 Å². The number of anilines is 1.